The van der Waals surface area contributed by atoms with Crippen LogP contribution in [0.4, 0.5) is 5.82 Å². The third-order valence-electron chi connectivity index (χ3n) is 3.03. The summed E-state index contributed by atoms with van der Waals surface area (Å²) >= 11 is 1.59. The maximum Gasteiger partial charge on any atom is 0.227 e. The van der Waals surface area contributed by atoms with Crippen LogP contribution in [-0.4, -0.2) is 17.4 Å². The fourth-order valence-electron chi connectivity index (χ4n) is 2.14. The monoisotopic (exact) mass is 246 g/mol. The second-order valence-corrected chi connectivity index (χ2v) is 5.00. The molecule has 0 saturated carbocycles. The molecule has 2 aromatic heterocycles. The molecule has 3 rings (SSSR count). The molecule has 3 heterocycles. The number of anilines is 1. The predicted molar refractivity (Wildman–Crippen MR) is 68.6 cm³/mol. The molecule has 1 radical (unpaired) electrons. The van der Waals surface area contributed by atoms with Crippen LogP contribution in [0.2, 0.25) is 0 Å². The molecule has 4 nitrogen and oxygen atoms in total. The van der Waals surface area contributed by atoms with Crippen molar-refractivity contribution in [2.45, 2.75) is 12.8 Å². The summed E-state index contributed by atoms with van der Waals surface area (Å²) in [7, 11) is 0. The molecule has 0 aromatic carbocycles. The number of carbonyl (C=O) groups excluding carboxylic acids is 1. The van der Waals surface area contributed by atoms with Crippen molar-refractivity contribution in [3.8, 4) is 0 Å². The van der Waals surface area contributed by atoms with Crippen LogP contribution in [0.1, 0.15) is 12.0 Å². The van der Waals surface area contributed by atoms with E-state index in [0.717, 1.165) is 35.4 Å². The first-order valence-electron chi connectivity index (χ1n) is 5.49. The molecule has 1 fully saturated rings. The molecule has 0 bridgehead atoms. The molecule has 87 valence electrons. The van der Waals surface area contributed by atoms with Crippen molar-refractivity contribution in [1.82, 2.24) is 10.3 Å². The van der Waals surface area contributed by atoms with E-state index in [1.165, 1.54) is 5.56 Å². The van der Waals surface area contributed by atoms with Gasteiger partial charge in [-0.25, -0.2) is 4.98 Å². The summed E-state index contributed by atoms with van der Waals surface area (Å²) in [5.74, 6) is 1.62. The summed E-state index contributed by atoms with van der Waals surface area (Å²) in [6.07, 6.45) is 3.28. The SMILES string of the molecule is Nc1nccc2c(C[C]3CCNC3=O)csc12. The molecule has 1 aliphatic heterocycles. The second-order valence-electron chi connectivity index (χ2n) is 4.12. The second kappa shape index (κ2) is 4.00. The number of nitrogens with two attached hydrogens (primary N) is 1. The lowest BCUT2D eigenvalue weighted by molar-refractivity contribution is -0.117. The van der Waals surface area contributed by atoms with Gasteiger partial charge in [0.15, 0.2) is 0 Å². The van der Waals surface area contributed by atoms with Crippen LogP contribution in [0.5, 0.6) is 0 Å². The fourth-order valence-corrected chi connectivity index (χ4v) is 3.11. The van der Waals surface area contributed by atoms with Crippen molar-refractivity contribution in [2.24, 2.45) is 0 Å². The Morgan fingerprint density at radius 3 is 3.18 bits per heavy atom. The molecule has 0 atom stereocenters. The summed E-state index contributed by atoms with van der Waals surface area (Å²) in [4.78, 5) is 15.6. The Labute approximate surface area is 103 Å². The summed E-state index contributed by atoms with van der Waals surface area (Å²) < 4.78 is 1.02. The van der Waals surface area contributed by atoms with Gasteiger partial charge in [0.25, 0.3) is 0 Å². The molecule has 0 unspecified atom stereocenters. The van der Waals surface area contributed by atoms with Crippen LogP contribution in [-0.2, 0) is 11.2 Å². The highest BCUT2D eigenvalue weighted by Gasteiger charge is 2.26. The molecular weight excluding hydrogens is 234 g/mol. The Balaban J connectivity index is 1.95. The zero-order chi connectivity index (χ0) is 11.8. The minimum absolute atomic E-state index is 0.0892. The van der Waals surface area contributed by atoms with Gasteiger partial charge in [0.2, 0.25) is 5.91 Å². The number of nitrogens with one attached hydrogen (secondary N) is 1. The maximum absolute atomic E-state index is 11.5. The number of hydrogen-bond acceptors (Lipinski definition) is 4. The number of thiophene rings is 1. The van der Waals surface area contributed by atoms with Crippen LogP contribution in [0, 0.1) is 5.92 Å². The van der Waals surface area contributed by atoms with E-state index in [1.54, 1.807) is 17.5 Å². The Hall–Kier alpha value is -1.62. The van der Waals surface area contributed by atoms with Crippen molar-refractivity contribution < 1.29 is 4.79 Å². The molecule has 3 N–H and O–H groups in total. The van der Waals surface area contributed by atoms with Crippen LogP contribution in [0.15, 0.2) is 17.6 Å². The van der Waals surface area contributed by atoms with E-state index in [0.29, 0.717) is 5.82 Å². The van der Waals surface area contributed by atoms with E-state index in [9.17, 15) is 4.79 Å². The van der Waals surface area contributed by atoms with Crippen LogP contribution in [0.25, 0.3) is 10.1 Å². The van der Waals surface area contributed by atoms with Crippen molar-refractivity contribution in [3.63, 3.8) is 0 Å². The smallest absolute Gasteiger partial charge is 0.227 e. The van der Waals surface area contributed by atoms with Gasteiger partial charge in [0.05, 0.1) is 10.6 Å². The molecule has 1 aliphatic rings. The van der Waals surface area contributed by atoms with Crippen molar-refractivity contribution >= 4 is 33.1 Å². The number of aromatic nitrogens is 1. The normalized spacial score (nSPS) is 16.6. The van der Waals surface area contributed by atoms with E-state index in [-0.39, 0.29) is 5.91 Å². The fraction of sp³-hybridized carbons (Fsp3) is 0.250. The molecule has 0 spiro atoms. The largest absolute Gasteiger partial charge is 0.383 e. The van der Waals surface area contributed by atoms with Gasteiger partial charge in [0, 0.05) is 18.1 Å². The average molecular weight is 246 g/mol. The number of fused-ring (bicyclic) bond motifs is 1. The zero-order valence-electron chi connectivity index (χ0n) is 9.19. The van der Waals surface area contributed by atoms with Gasteiger partial charge < -0.3 is 11.1 Å². The van der Waals surface area contributed by atoms with Crippen molar-refractivity contribution in [2.75, 3.05) is 12.3 Å². The van der Waals surface area contributed by atoms with Crippen LogP contribution < -0.4 is 11.1 Å². The molecule has 5 heteroatoms. The highest BCUT2D eigenvalue weighted by Crippen LogP contribution is 2.32. The maximum atomic E-state index is 11.5. The summed E-state index contributed by atoms with van der Waals surface area (Å²) in [5, 5.41) is 6.02. The molecule has 2 aromatic rings. The summed E-state index contributed by atoms with van der Waals surface area (Å²) in [6.45, 7) is 0.764. The van der Waals surface area contributed by atoms with Crippen LogP contribution >= 0.6 is 11.3 Å². The number of carbonyl (C=O) groups is 1. The van der Waals surface area contributed by atoms with Gasteiger partial charge in [-0.05, 0) is 29.9 Å². The Morgan fingerprint density at radius 2 is 2.41 bits per heavy atom. The van der Waals surface area contributed by atoms with Gasteiger partial charge in [-0.15, -0.1) is 11.3 Å². The third kappa shape index (κ3) is 1.76. The van der Waals surface area contributed by atoms with E-state index in [4.69, 9.17) is 5.73 Å². The minimum atomic E-state index is 0.0892. The Morgan fingerprint density at radius 1 is 1.53 bits per heavy atom. The number of pyridine rings is 1. The van der Waals surface area contributed by atoms with Gasteiger partial charge in [-0.2, -0.15) is 0 Å². The molecular formula is C12H12N3OS. The van der Waals surface area contributed by atoms with Gasteiger partial charge in [-0.3, -0.25) is 4.79 Å². The summed E-state index contributed by atoms with van der Waals surface area (Å²) in [6, 6.07) is 1.96. The molecule has 1 saturated heterocycles. The lowest BCUT2D eigenvalue weighted by Crippen LogP contribution is -2.18. The Bertz CT molecular complexity index is 578. The number of rotatable bonds is 2. The highest BCUT2D eigenvalue weighted by molar-refractivity contribution is 7.18. The number of hydrogen-bond donors (Lipinski definition) is 2. The van der Waals surface area contributed by atoms with E-state index in [2.05, 4.69) is 15.7 Å². The van der Waals surface area contributed by atoms with Crippen molar-refractivity contribution in [1.29, 1.82) is 0 Å². The number of nitrogens with zero attached hydrogens (tertiary/aromatic N) is 1. The quantitative estimate of drug-likeness (QED) is 0.844. The number of amides is 1. The van der Waals surface area contributed by atoms with Gasteiger partial charge in [0.1, 0.15) is 5.82 Å². The molecule has 1 amide bonds. The zero-order valence-corrected chi connectivity index (χ0v) is 10.0. The first-order chi connectivity index (χ1) is 8.25. The molecule has 0 aliphatic carbocycles. The first-order valence-corrected chi connectivity index (χ1v) is 6.37. The predicted octanol–water partition coefficient (Wildman–Crippen LogP) is 1.52. The topological polar surface area (TPSA) is 68.0 Å². The van der Waals surface area contributed by atoms with Gasteiger partial charge >= 0.3 is 0 Å². The number of nitrogen functional groups attached to an aromatic ring is 1. The minimum Gasteiger partial charge on any atom is -0.383 e. The lowest BCUT2D eigenvalue weighted by Gasteiger charge is -2.04. The van der Waals surface area contributed by atoms with Crippen LogP contribution in [0.3, 0.4) is 0 Å². The molecule has 17 heavy (non-hydrogen) atoms. The van der Waals surface area contributed by atoms with Gasteiger partial charge in [-0.1, -0.05) is 0 Å². The Kier molecular flexibility index (Phi) is 2.48. The van der Waals surface area contributed by atoms with E-state index >= 15 is 0 Å². The standard InChI is InChI=1S/C12H12N3OS/c13-11-10-9(2-4-14-11)8(6-17-10)5-7-1-3-15-12(7)16/h2,4,6H,1,3,5H2,(H2,13,14)(H,15,16). The van der Waals surface area contributed by atoms with E-state index < -0.39 is 0 Å². The average Bonchev–Trinajstić information content (AvgIpc) is 2.89. The van der Waals surface area contributed by atoms with Crippen molar-refractivity contribution in [3.05, 3.63) is 29.1 Å². The summed E-state index contributed by atoms with van der Waals surface area (Å²) in [5.41, 5.74) is 6.99. The lowest BCUT2D eigenvalue weighted by atomic mass is 9.98. The third-order valence-corrected chi connectivity index (χ3v) is 4.10. The highest BCUT2D eigenvalue weighted by atomic mass is 32.1. The van der Waals surface area contributed by atoms with E-state index in [1.807, 2.05) is 6.07 Å². The first kappa shape index (κ1) is 10.5.